The predicted octanol–water partition coefficient (Wildman–Crippen LogP) is 1.03. The highest BCUT2D eigenvalue weighted by Crippen LogP contribution is 2.27. The number of carboxylic acids is 1. The van der Waals surface area contributed by atoms with Gasteiger partial charge in [0.2, 0.25) is 0 Å². The number of nitrogens with one attached hydrogen (secondary N) is 1. The summed E-state index contributed by atoms with van der Waals surface area (Å²) < 4.78 is 5.35. The number of nitrogens with zero attached hydrogens (tertiary/aromatic N) is 2. The van der Waals surface area contributed by atoms with E-state index in [1.807, 2.05) is 60.7 Å². The van der Waals surface area contributed by atoms with E-state index in [4.69, 9.17) is 9.84 Å². The fourth-order valence-electron chi connectivity index (χ4n) is 3.04. The van der Waals surface area contributed by atoms with E-state index in [1.165, 1.54) is 7.05 Å². The lowest BCUT2D eigenvalue weighted by atomic mass is 10.1. The molecule has 29 heavy (non-hydrogen) atoms. The Morgan fingerprint density at radius 3 is 1.83 bits per heavy atom. The summed E-state index contributed by atoms with van der Waals surface area (Å²) in [5.74, 6) is -2.04. The lowest BCUT2D eigenvalue weighted by Crippen LogP contribution is -2.47. The van der Waals surface area contributed by atoms with Gasteiger partial charge in [0.1, 0.15) is 6.54 Å². The van der Waals surface area contributed by atoms with E-state index in [-0.39, 0.29) is 5.91 Å². The minimum atomic E-state index is -1.16. The minimum absolute atomic E-state index is 0.303. The Morgan fingerprint density at radius 2 is 1.38 bits per heavy atom. The molecule has 152 valence electrons. The highest BCUT2D eigenvalue weighted by atomic mass is 16.6. The second-order valence-corrected chi connectivity index (χ2v) is 6.68. The molecule has 2 amide bonds. The summed E-state index contributed by atoms with van der Waals surface area (Å²) in [5, 5.41) is 9.84. The highest BCUT2D eigenvalue weighted by molar-refractivity contribution is 5.95. The number of rotatable bonds is 9. The van der Waals surface area contributed by atoms with Gasteiger partial charge in [-0.1, -0.05) is 60.7 Å². The van der Waals surface area contributed by atoms with Crippen LogP contribution in [0.2, 0.25) is 0 Å². The van der Waals surface area contributed by atoms with Crippen LogP contribution in [0.1, 0.15) is 11.1 Å². The second kappa shape index (κ2) is 9.31. The molecule has 1 aliphatic rings. The number of amides is 2. The van der Waals surface area contributed by atoms with Crippen LogP contribution >= 0.6 is 0 Å². The summed E-state index contributed by atoms with van der Waals surface area (Å²) in [6, 6.07) is 19.1. The summed E-state index contributed by atoms with van der Waals surface area (Å²) >= 11 is 0. The van der Waals surface area contributed by atoms with Crippen LogP contribution < -0.4 is 5.43 Å². The Bertz CT molecular complexity index is 818. The van der Waals surface area contributed by atoms with Gasteiger partial charge in [-0.2, -0.15) is 0 Å². The number of hydrogen-bond donors (Lipinski definition) is 2. The van der Waals surface area contributed by atoms with Crippen LogP contribution in [0.15, 0.2) is 60.7 Å². The van der Waals surface area contributed by atoms with Crippen LogP contribution in [-0.2, 0) is 32.2 Å². The maximum atomic E-state index is 13.1. The number of epoxide rings is 1. The van der Waals surface area contributed by atoms with Crippen molar-refractivity contribution in [3.05, 3.63) is 71.8 Å². The lowest BCUT2D eigenvalue weighted by Gasteiger charge is -2.23. The summed E-state index contributed by atoms with van der Waals surface area (Å²) in [4.78, 5) is 38.0. The van der Waals surface area contributed by atoms with E-state index in [0.29, 0.717) is 13.1 Å². The molecule has 2 atom stereocenters. The Hall–Kier alpha value is -3.23. The number of benzene rings is 2. The van der Waals surface area contributed by atoms with Gasteiger partial charge in [0.05, 0.1) is 0 Å². The first-order chi connectivity index (χ1) is 14.0. The van der Waals surface area contributed by atoms with Gasteiger partial charge < -0.3 is 14.7 Å². The molecule has 2 N–H and O–H groups in total. The zero-order chi connectivity index (χ0) is 20.8. The molecule has 2 aromatic carbocycles. The fraction of sp³-hybridized carbons (Fsp3) is 0.286. The Morgan fingerprint density at radius 1 is 0.897 bits per heavy atom. The Labute approximate surface area is 168 Å². The number of carboxylic acid groups (broad SMARTS) is 1. The third-order valence-electron chi connectivity index (χ3n) is 4.55. The zero-order valence-corrected chi connectivity index (χ0v) is 16.0. The number of carbonyl (C=O) groups excluding carboxylic acids is 2. The van der Waals surface area contributed by atoms with Crippen LogP contribution in [0.5, 0.6) is 0 Å². The molecular formula is C21H23N3O5. The maximum absolute atomic E-state index is 13.1. The van der Waals surface area contributed by atoms with Crippen molar-refractivity contribution in [1.29, 1.82) is 0 Å². The van der Waals surface area contributed by atoms with Crippen LogP contribution in [0.3, 0.4) is 0 Å². The van der Waals surface area contributed by atoms with E-state index in [0.717, 1.165) is 16.1 Å². The van der Waals surface area contributed by atoms with Gasteiger partial charge in [-0.15, -0.1) is 0 Å². The third-order valence-corrected chi connectivity index (χ3v) is 4.55. The summed E-state index contributed by atoms with van der Waals surface area (Å²) in [5.41, 5.74) is 4.44. The number of ether oxygens (including phenoxy) is 1. The number of carbonyl (C=O) groups is 3. The molecule has 1 aliphatic heterocycles. The average Bonchev–Trinajstić information content (AvgIpc) is 3.53. The number of hydrazine groups is 1. The zero-order valence-electron chi connectivity index (χ0n) is 16.0. The van der Waals surface area contributed by atoms with Crippen molar-refractivity contribution in [1.82, 2.24) is 15.3 Å². The molecule has 0 spiro atoms. The van der Waals surface area contributed by atoms with E-state index in [9.17, 15) is 14.4 Å². The molecule has 2 aromatic rings. The smallest absolute Gasteiger partial charge is 0.324 e. The van der Waals surface area contributed by atoms with Gasteiger partial charge in [0, 0.05) is 20.1 Å². The van der Waals surface area contributed by atoms with Crippen LogP contribution in [0, 0.1) is 0 Å². The normalized spacial score (nSPS) is 17.4. The number of hydrogen-bond acceptors (Lipinski definition) is 5. The van der Waals surface area contributed by atoms with E-state index in [2.05, 4.69) is 5.43 Å². The molecule has 0 radical (unpaired) electrons. The first-order valence-corrected chi connectivity index (χ1v) is 9.22. The van der Waals surface area contributed by atoms with Gasteiger partial charge in [0.15, 0.2) is 12.2 Å². The SMILES string of the molecule is CNN(CC(=O)O)C(=O)C1OC1C(=O)N(Cc1ccccc1)Cc1ccccc1. The molecule has 0 saturated carbocycles. The molecule has 0 aromatic heterocycles. The first kappa shape index (κ1) is 20.5. The maximum Gasteiger partial charge on any atom is 0.324 e. The van der Waals surface area contributed by atoms with Crippen molar-refractivity contribution in [3.8, 4) is 0 Å². The molecular weight excluding hydrogens is 374 g/mol. The van der Waals surface area contributed by atoms with Gasteiger partial charge >= 0.3 is 5.97 Å². The van der Waals surface area contributed by atoms with Crippen molar-refractivity contribution in [3.63, 3.8) is 0 Å². The molecule has 8 nitrogen and oxygen atoms in total. The molecule has 3 rings (SSSR count). The average molecular weight is 397 g/mol. The highest BCUT2D eigenvalue weighted by Gasteiger charge is 2.53. The lowest BCUT2D eigenvalue weighted by molar-refractivity contribution is -0.147. The van der Waals surface area contributed by atoms with E-state index in [1.54, 1.807) is 4.90 Å². The van der Waals surface area contributed by atoms with Gasteiger partial charge in [-0.25, -0.2) is 5.43 Å². The second-order valence-electron chi connectivity index (χ2n) is 6.68. The molecule has 0 bridgehead atoms. The molecule has 2 unspecified atom stereocenters. The largest absolute Gasteiger partial charge is 0.480 e. The van der Waals surface area contributed by atoms with Crippen LogP contribution in [0.4, 0.5) is 0 Å². The predicted molar refractivity (Wildman–Crippen MR) is 104 cm³/mol. The van der Waals surface area contributed by atoms with Gasteiger partial charge in [-0.05, 0) is 11.1 Å². The molecule has 8 heteroatoms. The van der Waals surface area contributed by atoms with Crippen molar-refractivity contribution in [2.75, 3.05) is 13.6 Å². The fourth-order valence-corrected chi connectivity index (χ4v) is 3.04. The summed E-state index contributed by atoms with van der Waals surface area (Å²) in [7, 11) is 1.44. The van der Waals surface area contributed by atoms with E-state index >= 15 is 0 Å². The monoisotopic (exact) mass is 397 g/mol. The van der Waals surface area contributed by atoms with Crippen molar-refractivity contribution in [2.24, 2.45) is 0 Å². The summed E-state index contributed by atoms with van der Waals surface area (Å²) in [6.07, 6.45) is -1.90. The summed E-state index contributed by atoms with van der Waals surface area (Å²) in [6.45, 7) is 0.230. The standard InChI is InChI=1S/C21H23N3O5/c1-22-24(14-17(25)26)21(28)19-18(29-19)20(27)23(12-15-8-4-2-5-9-15)13-16-10-6-3-7-11-16/h2-11,18-19,22H,12-14H2,1H3,(H,25,26). The minimum Gasteiger partial charge on any atom is -0.480 e. The van der Waals surface area contributed by atoms with Gasteiger partial charge in [-0.3, -0.25) is 19.4 Å². The van der Waals surface area contributed by atoms with Crippen LogP contribution in [0.25, 0.3) is 0 Å². The first-order valence-electron chi connectivity index (χ1n) is 9.22. The molecule has 1 heterocycles. The van der Waals surface area contributed by atoms with Gasteiger partial charge in [0.25, 0.3) is 11.8 Å². The Balaban J connectivity index is 1.71. The third kappa shape index (κ3) is 5.40. The molecule has 1 saturated heterocycles. The molecule has 0 aliphatic carbocycles. The van der Waals surface area contributed by atoms with Crippen molar-refractivity contribution >= 4 is 17.8 Å². The topological polar surface area (TPSA) is 102 Å². The Kier molecular flexibility index (Phi) is 6.58. The molecule has 1 fully saturated rings. The number of aliphatic carboxylic acids is 1. The van der Waals surface area contributed by atoms with Crippen molar-refractivity contribution < 1.29 is 24.2 Å². The van der Waals surface area contributed by atoms with Crippen LogP contribution in [-0.4, -0.2) is 58.6 Å². The quantitative estimate of drug-likeness (QED) is 0.484. The van der Waals surface area contributed by atoms with E-state index < -0.39 is 30.6 Å². The van der Waals surface area contributed by atoms with Crippen molar-refractivity contribution in [2.45, 2.75) is 25.3 Å².